The van der Waals surface area contributed by atoms with E-state index in [2.05, 4.69) is 15.3 Å². The van der Waals surface area contributed by atoms with Gasteiger partial charge in [0.15, 0.2) is 5.76 Å². The smallest absolute Gasteiger partial charge is 0.286 e. The van der Waals surface area contributed by atoms with Crippen LogP contribution in [0.25, 0.3) is 11.4 Å². The molecule has 0 fully saturated rings. The topological polar surface area (TPSA) is 68.0 Å². The van der Waals surface area contributed by atoms with Crippen molar-refractivity contribution in [3.63, 3.8) is 0 Å². The lowest BCUT2D eigenvalue weighted by atomic mass is 10.3. The molecular formula is C15H13N3O2S. The van der Waals surface area contributed by atoms with Crippen LogP contribution in [0.2, 0.25) is 0 Å². The average molecular weight is 299 g/mol. The second kappa shape index (κ2) is 6.32. The first kappa shape index (κ1) is 13.5. The molecule has 0 aliphatic carbocycles. The molecule has 0 spiro atoms. The molecule has 0 atom stereocenters. The summed E-state index contributed by atoms with van der Waals surface area (Å²) in [7, 11) is 0. The third-order valence-electron chi connectivity index (χ3n) is 2.85. The van der Waals surface area contributed by atoms with Crippen LogP contribution in [0.3, 0.4) is 0 Å². The molecule has 0 aromatic carbocycles. The maximum Gasteiger partial charge on any atom is 0.286 e. The first-order valence-corrected chi connectivity index (χ1v) is 7.38. The fraction of sp³-hybridized carbons (Fsp3) is 0.133. The van der Waals surface area contributed by atoms with Crippen molar-refractivity contribution in [2.45, 2.75) is 6.42 Å². The van der Waals surface area contributed by atoms with Gasteiger partial charge in [-0.05, 0) is 24.3 Å². The number of hydrogen-bond donors (Lipinski definition) is 1. The highest BCUT2D eigenvalue weighted by Gasteiger charge is 2.09. The van der Waals surface area contributed by atoms with E-state index in [0.717, 1.165) is 16.4 Å². The SMILES string of the molecule is O=C(NCCc1nc(-c2ccccn2)cs1)c1ccco1. The van der Waals surface area contributed by atoms with Gasteiger partial charge < -0.3 is 9.73 Å². The lowest BCUT2D eigenvalue weighted by Gasteiger charge is -2.00. The fourth-order valence-corrected chi connectivity index (χ4v) is 2.63. The molecule has 3 rings (SSSR count). The van der Waals surface area contributed by atoms with Gasteiger partial charge in [0.2, 0.25) is 0 Å². The molecule has 0 unspecified atom stereocenters. The number of nitrogens with one attached hydrogen (secondary N) is 1. The van der Waals surface area contributed by atoms with Crippen LogP contribution < -0.4 is 5.32 Å². The van der Waals surface area contributed by atoms with Gasteiger partial charge in [0.25, 0.3) is 5.91 Å². The predicted molar refractivity (Wildman–Crippen MR) is 80.1 cm³/mol. The minimum Gasteiger partial charge on any atom is -0.459 e. The van der Waals surface area contributed by atoms with E-state index < -0.39 is 0 Å². The van der Waals surface area contributed by atoms with Gasteiger partial charge in [-0.15, -0.1) is 11.3 Å². The lowest BCUT2D eigenvalue weighted by Crippen LogP contribution is -2.25. The summed E-state index contributed by atoms with van der Waals surface area (Å²) in [6.07, 6.45) is 3.91. The zero-order valence-corrected chi connectivity index (χ0v) is 12.0. The Labute approximate surface area is 125 Å². The number of hydrogen-bond acceptors (Lipinski definition) is 5. The molecule has 106 valence electrons. The second-order valence-electron chi connectivity index (χ2n) is 4.32. The number of aromatic nitrogens is 2. The molecule has 3 aromatic heterocycles. The number of carbonyl (C=O) groups excluding carboxylic acids is 1. The van der Waals surface area contributed by atoms with Crippen LogP contribution in [-0.2, 0) is 6.42 Å². The van der Waals surface area contributed by atoms with Crippen LogP contribution in [-0.4, -0.2) is 22.4 Å². The van der Waals surface area contributed by atoms with Gasteiger partial charge in [-0.25, -0.2) is 4.98 Å². The second-order valence-corrected chi connectivity index (χ2v) is 5.27. The van der Waals surface area contributed by atoms with Crippen molar-refractivity contribution in [1.82, 2.24) is 15.3 Å². The van der Waals surface area contributed by atoms with Gasteiger partial charge >= 0.3 is 0 Å². The molecule has 0 aliphatic rings. The molecule has 21 heavy (non-hydrogen) atoms. The zero-order chi connectivity index (χ0) is 14.5. The van der Waals surface area contributed by atoms with E-state index in [4.69, 9.17) is 4.42 Å². The fourth-order valence-electron chi connectivity index (χ4n) is 1.84. The Kier molecular flexibility index (Phi) is 4.07. The van der Waals surface area contributed by atoms with Gasteiger partial charge in [0.05, 0.1) is 22.7 Å². The van der Waals surface area contributed by atoms with E-state index >= 15 is 0 Å². The maximum absolute atomic E-state index is 11.7. The van der Waals surface area contributed by atoms with E-state index in [-0.39, 0.29) is 5.91 Å². The van der Waals surface area contributed by atoms with Crippen molar-refractivity contribution >= 4 is 17.2 Å². The van der Waals surface area contributed by atoms with E-state index in [1.807, 2.05) is 23.6 Å². The largest absolute Gasteiger partial charge is 0.459 e. The van der Waals surface area contributed by atoms with Crippen LogP contribution in [0.15, 0.2) is 52.6 Å². The summed E-state index contributed by atoms with van der Waals surface area (Å²) in [6.45, 7) is 0.523. The number of thiazole rings is 1. The third kappa shape index (κ3) is 3.35. The summed E-state index contributed by atoms with van der Waals surface area (Å²) in [5.74, 6) is 0.116. The van der Waals surface area contributed by atoms with E-state index in [1.54, 1.807) is 29.7 Å². The van der Waals surface area contributed by atoms with Crippen molar-refractivity contribution in [2.24, 2.45) is 0 Å². The number of rotatable bonds is 5. The molecule has 1 N–H and O–H groups in total. The van der Waals surface area contributed by atoms with Crippen molar-refractivity contribution in [3.8, 4) is 11.4 Å². The van der Waals surface area contributed by atoms with Gasteiger partial charge in [-0.1, -0.05) is 6.07 Å². The van der Waals surface area contributed by atoms with Gasteiger partial charge in [0, 0.05) is 24.5 Å². The third-order valence-corrected chi connectivity index (χ3v) is 3.76. The van der Waals surface area contributed by atoms with E-state index in [1.165, 1.54) is 6.26 Å². The normalized spacial score (nSPS) is 10.5. The molecule has 3 heterocycles. The molecule has 0 saturated heterocycles. The molecule has 0 saturated carbocycles. The van der Waals surface area contributed by atoms with Crippen LogP contribution in [0.1, 0.15) is 15.6 Å². The van der Waals surface area contributed by atoms with Crippen molar-refractivity contribution < 1.29 is 9.21 Å². The van der Waals surface area contributed by atoms with Gasteiger partial charge in [-0.2, -0.15) is 0 Å². The van der Waals surface area contributed by atoms with Crippen LogP contribution in [0.5, 0.6) is 0 Å². The minimum absolute atomic E-state index is 0.207. The molecule has 6 heteroatoms. The Morgan fingerprint density at radius 3 is 2.95 bits per heavy atom. The van der Waals surface area contributed by atoms with Crippen LogP contribution in [0, 0.1) is 0 Å². The summed E-state index contributed by atoms with van der Waals surface area (Å²) in [6, 6.07) is 9.07. The summed E-state index contributed by atoms with van der Waals surface area (Å²) in [4.78, 5) is 20.5. The Hall–Kier alpha value is -2.47. The quantitative estimate of drug-likeness (QED) is 0.786. The van der Waals surface area contributed by atoms with E-state index in [0.29, 0.717) is 18.7 Å². The maximum atomic E-state index is 11.7. The molecule has 0 radical (unpaired) electrons. The predicted octanol–water partition coefficient (Wildman–Crippen LogP) is 2.77. The van der Waals surface area contributed by atoms with Crippen molar-refractivity contribution in [1.29, 1.82) is 0 Å². The molecule has 3 aromatic rings. The van der Waals surface area contributed by atoms with Crippen LogP contribution >= 0.6 is 11.3 Å². The Morgan fingerprint density at radius 2 is 2.19 bits per heavy atom. The molecule has 5 nitrogen and oxygen atoms in total. The number of amides is 1. The van der Waals surface area contributed by atoms with Crippen molar-refractivity contribution in [2.75, 3.05) is 6.54 Å². The molecular weight excluding hydrogens is 286 g/mol. The summed E-state index contributed by atoms with van der Waals surface area (Å²) >= 11 is 1.57. The molecule has 1 amide bonds. The highest BCUT2D eigenvalue weighted by Crippen LogP contribution is 2.19. The van der Waals surface area contributed by atoms with Crippen molar-refractivity contribution in [3.05, 3.63) is 58.9 Å². The first-order valence-electron chi connectivity index (χ1n) is 6.50. The monoisotopic (exact) mass is 299 g/mol. The van der Waals surface area contributed by atoms with E-state index in [9.17, 15) is 4.79 Å². The standard InChI is InChI=1S/C15H13N3O2S/c19-15(13-5-3-9-20-13)17-8-6-14-18-12(10-21-14)11-4-1-2-7-16-11/h1-5,7,9-10H,6,8H2,(H,17,19). The van der Waals surface area contributed by atoms with Gasteiger partial charge in [0.1, 0.15) is 0 Å². The lowest BCUT2D eigenvalue weighted by molar-refractivity contribution is 0.0926. The molecule has 0 bridgehead atoms. The summed E-state index contributed by atoms with van der Waals surface area (Å²) in [5.41, 5.74) is 1.73. The number of furan rings is 1. The summed E-state index contributed by atoms with van der Waals surface area (Å²) < 4.78 is 5.03. The Balaban J connectivity index is 1.55. The van der Waals surface area contributed by atoms with Crippen LogP contribution in [0.4, 0.5) is 0 Å². The average Bonchev–Trinajstić information content (AvgIpc) is 3.20. The highest BCUT2D eigenvalue weighted by molar-refractivity contribution is 7.09. The molecule has 0 aliphatic heterocycles. The number of pyridine rings is 1. The van der Waals surface area contributed by atoms with Gasteiger partial charge in [-0.3, -0.25) is 9.78 Å². The highest BCUT2D eigenvalue weighted by atomic mass is 32.1. The Bertz CT molecular complexity index is 708. The number of carbonyl (C=O) groups is 1. The minimum atomic E-state index is -0.207. The Morgan fingerprint density at radius 1 is 1.24 bits per heavy atom. The first-order chi connectivity index (χ1) is 10.3. The summed E-state index contributed by atoms with van der Waals surface area (Å²) in [5, 5.41) is 5.75. The number of nitrogens with zero attached hydrogens (tertiary/aromatic N) is 2. The zero-order valence-electron chi connectivity index (χ0n) is 11.2.